The number of benzene rings is 1. The number of aromatic carboxylic acids is 1. The Morgan fingerprint density at radius 2 is 2.04 bits per heavy atom. The van der Waals surface area contributed by atoms with Gasteiger partial charge in [-0.1, -0.05) is 18.2 Å². The molecule has 0 radical (unpaired) electrons. The van der Waals surface area contributed by atoms with Gasteiger partial charge in [0.2, 0.25) is 0 Å². The van der Waals surface area contributed by atoms with E-state index in [-0.39, 0.29) is 27.3 Å². The molecule has 3 aromatic rings. The van der Waals surface area contributed by atoms with Crippen molar-refractivity contribution in [3.8, 4) is 0 Å². The zero-order valence-corrected chi connectivity index (χ0v) is 12.7. The highest BCUT2D eigenvalue weighted by molar-refractivity contribution is 7.20. The molecule has 0 spiro atoms. The number of fused-ring (bicyclic) bond motifs is 1. The largest absolute Gasteiger partial charge is 0.477 e. The molecule has 2 heterocycles. The summed E-state index contributed by atoms with van der Waals surface area (Å²) in [6.07, 6.45) is -4.46. The van der Waals surface area contributed by atoms with Crippen molar-refractivity contribution < 1.29 is 23.1 Å². The van der Waals surface area contributed by atoms with Crippen LogP contribution in [0, 0.1) is 0 Å². The Morgan fingerprint density at radius 1 is 1.29 bits per heavy atom. The number of aromatic nitrogens is 2. The van der Waals surface area contributed by atoms with E-state index in [9.17, 15) is 22.8 Å². The van der Waals surface area contributed by atoms with Crippen LogP contribution >= 0.6 is 11.3 Å². The molecule has 0 aliphatic heterocycles. The average Bonchev–Trinajstić information content (AvgIpc) is 2.91. The fourth-order valence-electron chi connectivity index (χ4n) is 2.23. The third kappa shape index (κ3) is 3.16. The Bertz CT molecular complexity index is 992. The summed E-state index contributed by atoms with van der Waals surface area (Å²) in [4.78, 5) is 29.5. The average molecular weight is 354 g/mol. The highest BCUT2D eigenvalue weighted by atomic mass is 32.1. The standard InChI is InChI=1S/C15H9F3N2O3S/c16-15(17,18)8-3-1-2-7(4-8)5-11-19-9-6-10(14(22)23)24-12(9)13(21)20-11/h1-4,6H,5H2,(H,22,23)(H,19,20,21). The number of hydrogen-bond acceptors (Lipinski definition) is 4. The Labute approximate surface area is 136 Å². The Balaban J connectivity index is 1.99. The van der Waals surface area contributed by atoms with Crippen LogP contribution in [0.3, 0.4) is 0 Å². The van der Waals surface area contributed by atoms with Crippen LogP contribution in [0.4, 0.5) is 13.2 Å². The minimum absolute atomic E-state index is 0.00660. The molecular weight excluding hydrogens is 345 g/mol. The summed E-state index contributed by atoms with van der Waals surface area (Å²) in [5, 5.41) is 8.95. The minimum atomic E-state index is -4.45. The van der Waals surface area contributed by atoms with E-state index in [0.717, 1.165) is 23.5 Å². The van der Waals surface area contributed by atoms with Crippen LogP contribution in [-0.2, 0) is 12.6 Å². The van der Waals surface area contributed by atoms with Crippen molar-refractivity contribution in [1.82, 2.24) is 9.97 Å². The summed E-state index contributed by atoms with van der Waals surface area (Å²) in [6, 6.07) is 5.99. The van der Waals surface area contributed by atoms with Crippen LogP contribution in [0.25, 0.3) is 10.2 Å². The highest BCUT2D eigenvalue weighted by Gasteiger charge is 2.30. The van der Waals surface area contributed by atoms with Gasteiger partial charge >= 0.3 is 12.1 Å². The molecule has 0 unspecified atom stereocenters. The molecule has 0 fully saturated rings. The first-order valence-corrected chi connectivity index (χ1v) is 7.48. The smallest absolute Gasteiger partial charge is 0.416 e. The number of alkyl halides is 3. The molecule has 0 saturated carbocycles. The maximum absolute atomic E-state index is 12.7. The first-order valence-electron chi connectivity index (χ1n) is 6.66. The molecule has 24 heavy (non-hydrogen) atoms. The number of hydrogen-bond donors (Lipinski definition) is 2. The van der Waals surface area contributed by atoms with E-state index in [1.54, 1.807) is 0 Å². The molecule has 2 N–H and O–H groups in total. The van der Waals surface area contributed by atoms with E-state index in [4.69, 9.17) is 5.11 Å². The Morgan fingerprint density at radius 3 is 2.71 bits per heavy atom. The number of nitrogens with one attached hydrogen (secondary N) is 1. The van der Waals surface area contributed by atoms with E-state index in [1.807, 2.05) is 0 Å². The second-order valence-corrected chi connectivity index (χ2v) is 6.07. The number of halogens is 3. The Kier molecular flexibility index (Phi) is 3.88. The molecule has 124 valence electrons. The lowest BCUT2D eigenvalue weighted by Crippen LogP contribution is -2.11. The summed E-state index contributed by atoms with van der Waals surface area (Å²) in [5.41, 5.74) is -0.754. The van der Waals surface area contributed by atoms with Gasteiger partial charge in [-0.3, -0.25) is 4.79 Å². The van der Waals surface area contributed by atoms with Gasteiger partial charge in [-0.2, -0.15) is 13.2 Å². The van der Waals surface area contributed by atoms with Crippen LogP contribution in [-0.4, -0.2) is 21.0 Å². The molecule has 5 nitrogen and oxygen atoms in total. The summed E-state index contributed by atoms with van der Waals surface area (Å²) < 4.78 is 38.4. The summed E-state index contributed by atoms with van der Waals surface area (Å²) in [5.74, 6) is -1.00. The predicted molar refractivity (Wildman–Crippen MR) is 81.5 cm³/mol. The van der Waals surface area contributed by atoms with E-state index in [1.165, 1.54) is 18.2 Å². The van der Waals surface area contributed by atoms with Gasteiger partial charge in [0.15, 0.2) is 0 Å². The molecule has 0 bridgehead atoms. The Hall–Kier alpha value is -2.68. The van der Waals surface area contributed by atoms with Crippen molar-refractivity contribution in [3.63, 3.8) is 0 Å². The van der Waals surface area contributed by atoms with E-state index in [2.05, 4.69) is 9.97 Å². The monoisotopic (exact) mass is 354 g/mol. The van der Waals surface area contributed by atoms with Crippen LogP contribution in [0.1, 0.15) is 26.6 Å². The summed E-state index contributed by atoms with van der Waals surface area (Å²) in [6.45, 7) is 0. The number of carbonyl (C=O) groups is 1. The number of carboxylic acids is 1. The maximum Gasteiger partial charge on any atom is 0.416 e. The number of H-pyrrole nitrogens is 1. The lowest BCUT2D eigenvalue weighted by Gasteiger charge is -2.08. The van der Waals surface area contributed by atoms with Gasteiger partial charge in [0.1, 0.15) is 15.4 Å². The number of rotatable bonds is 3. The molecule has 0 saturated heterocycles. The second-order valence-electron chi connectivity index (χ2n) is 5.02. The lowest BCUT2D eigenvalue weighted by molar-refractivity contribution is -0.137. The van der Waals surface area contributed by atoms with E-state index < -0.39 is 23.3 Å². The lowest BCUT2D eigenvalue weighted by atomic mass is 10.1. The van der Waals surface area contributed by atoms with Crippen LogP contribution in [0.5, 0.6) is 0 Å². The van der Waals surface area contributed by atoms with Crippen molar-refractivity contribution in [3.05, 3.63) is 62.5 Å². The molecule has 0 aliphatic carbocycles. The van der Waals surface area contributed by atoms with Crippen LogP contribution < -0.4 is 5.56 Å². The van der Waals surface area contributed by atoms with Gasteiger partial charge in [-0.25, -0.2) is 9.78 Å². The van der Waals surface area contributed by atoms with E-state index >= 15 is 0 Å². The maximum atomic E-state index is 12.7. The number of carboxylic acid groups (broad SMARTS) is 1. The molecular formula is C15H9F3N2O3S. The number of aromatic amines is 1. The van der Waals surface area contributed by atoms with Crippen molar-refractivity contribution in [2.75, 3.05) is 0 Å². The van der Waals surface area contributed by atoms with E-state index in [0.29, 0.717) is 5.56 Å². The zero-order valence-electron chi connectivity index (χ0n) is 11.8. The topological polar surface area (TPSA) is 83.0 Å². The quantitative estimate of drug-likeness (QED) is 0.756. The van der Waals surface area contributed by atoms with Gasteiger partial charge in [-0.05, 0) is 17.7 Å². The van der Waals surface area contributed by atoms with Gasteiger partial charge in [0.05, 0.1) is 11.1 Å². The molecule has 9 heteroatoms. The number of thiophene rings is 1. The fourth-order valence-corrected chi connectivity index (χ4v) is 3.06. The van der Waals surface area contributed by atoms with Gasteiger partial charge in [0.25, 0.3) is 5.56 Å². The molecule has 0 aliphatic rings. The molecule has 0 atom stereocenters. The third-order valence-corrected chi connectivity index (χ3v) is 4.38. The van der Waals surface area contributed by atoms with Crippen LogP contribution in [0.15, 0.2) is 35.1 Å². The summed E-state index contributed by atoms with van der Waals surface area (Å²) in [7, 11) is 0. The van der Waals surface area contributed by atoms with Crippen molar-refractivity contribution in [1.29, 1.82) is 0 Å². The van der Waals surface area contributed by atoms with Gasteiger partial charge in [-0.15, -0.1) is 11.3 Å². The fraction of sp³-hybridized carbons (Fsp3) is 0.133. The van der Waals surface area contributed by atoms with Crippen molar-refractivity contribution in [2.24, 2.45) is 0 Å². The third-order valence-electron chi connectivity index (χ3n) is 3.27. The molecule has 3 rings (SSSR count). The number of nitrogens with zero attached hydrogens (tertiary/aromatic N) is 1. The first kappa shape index (κ1) is 16.2. The van der Waals surface area contributed by atoms with Gasteiger partial charge in [0, 0.05) is 6.42 Å². The zero-order chi connectivity index (χ0) is 17.5. The normalized spacial score (nSPS) is 11.8. The SMILES string of the molecule is O=C(O)c1cc2nc(Cc3cccc(C(F)(F)F)c3)[nH]c(=O)c2s1. The highest BCUT2D eigenvalue weighted by Crippen LogP contribution is 2.30. The van der Waals surface area contributed by atoms with Gasteiger partial charge < -0.3 is 10.1 Å². The minimum Gasteiger partial charge on any atom is -0.477 e. The van der Waals surface area contributed by atoms with Crippen molar-refractivity contribution >= 4 is 27.5 Å². The molecule has 0 amide bonds. The predicted octanol–water partition coefficient (Wildman–Crippen LogP) is 3.29. The molecule has 2 aromatic heterocycles. The second kappa shape index (κ2) is 5.75. The molecule has 1 aromatic carbocycles. The summed E-state index contributed by atoms with van der Waals surface area (Å²) >= 11 is 0.798. The van der Waals surface area contributed by atoms with Crippen molar-refractivity contribution in [2.45, 2.75) is 12.6 Å². The van der Waals surface area contributed by atoms with Crippen LogP contribution in [0.2, 0.25) is 0 Å². The first-order chi connectivity index (χ1) is 11.2.